The minimum absolute atomic E-state index is 0.0483. The maximum Gasteiger partial charge on any atom is 0.277 e. The molecule has 1 aliphatic heterocycles. The first-order valence-corrected chi connectivity index (χ1v) is 10.7. The summed E-state index contributed by atoms with van der Waals surface area (Å²) in [6, 6.07) is 10.5. The lowest BCUT2D eigenvalue weighted by Gasteiger charge is -2.38. The van der Waals surface area contributed by atoms with Gasteiger partial charge in [0, 0.05) is 30.9 Å². The monoisotopic (exact) mass is 450 g/mol. The number of hydrogen-bond acceptors (Lipinski definition) is 7. The summed E-state index contributed by atoms with van der Waals surface area (Å²) in [4.78, 5) is 38.3. The highest BCUT2D eigenvalue weighted by atomic mass is 16.7. The fourth-order valence-corrected chi connectivity index (χ4v) is 3.82. The van der Waals surface area contributed by atoms with Crippen molar-refractivity contribution >= 4 is 11.8 Å². The Balaban J connectivity index is 1.51. The highest BCUT2D eigenvalue weighted by molar-refractivity contribution is 5.98. The number of piperidine rings is 1. The van der Waals surface area contributed by atoms with E-state index in [-0.39, 0.29) is 24.0 Å². The molecule has 2 amide bonds. The zero-order valence-electron chi connectivity index (χ0n) is 18.8. The largest absolute Gasteiger partial charge is 0.472 e. The quantitative estimate of drug-likeness (QED) is 0.531. The van der Waals surface area contributed by atoms with Crippen LogP contribution in [0.4, 0.5) is 0 Å². The number of hydrogen-bond donors (Lipinski definition) is 0. The number of carbonyl (C=O) groups is 2. The second kappa shape index (κ2) is 9.78. The Morgan fingerprint density at radius 2 is 1.85 bits per heavy atom. The van der Waals surface area contributed by atoms with Crippen molar-refractivity contribution in [1.82, 2.24) is 29.9 Å². The Kier molecular flexibility index (Phi) is 6.64. The molecule has 1 saturated heterocycles. The van der Waals surface area contributed by atoms with Gasteiger partial charge in [0.2, 0.25) is 5.88 Å². The van der Waals surface area contributed by atoms with E-state index in [0.717, 1.165) is 17.9 Å². The molecule has 0 aliphatic carbocycles. The van der Waals surface area contributed by atoms with Crippen molar-refractivity contribution < 1.29 is 19.2 Å². The van der Waals surface area contributed by atoms with Crippen LogP contribution in [-0.2, 0) is 4.84 Å². The highest BCUT2D eigenvalue weighted by Gasteiger charge is 2.32. The summed E-state index contributed by atoms with van der Waals surface area (Å²) >= 11 is 0. The molecule has 2 aromatic heterocycles. The van der Waals surface area contributed by atoms with Crippen LogP contribution in [0.2, 0.25) is 0 Å². The molecule has 2 unspecified atom stereocenters. The summed E-state index contributed by atoms with van der Waals surface area (Å²) in [7, 11) is 2.96. The third kappa shape index (κ3) is 4.85. The molecular weight excluding hydrogens is 424 g/mol. The van der Waals surface area contributed by atoms with E-state index in [9.17, 15) is 9.59 Å². The number of ether oxygens (including phenoxy) is 1. The highest BCUT2D eigenvalue weighted by Crippen LogP contribution is 2.25. The summed E-state index contributed by atoms with van der Waals surface area (Å²) in [5, 5.41) is 9.47. The maximum atomic E-state index is 13.5. The van der Waals surface area contributed by atoms with Crippen LogP contribution in [0.5, 0.6) is 5.88 Å². The number of likely N-dealkylation sites (tertiary alicyclic amines) is 1. The molecule has 10 heteroatoms. The standard InChI is InChI=1S/C23H26N6O4/c1-16-8-9-18(33-21-14-17(10-11-24-21)22(30)27(2)32-3)15-28(16)23(31)19-6-4-5-7-20(19)29-25-12-13-26-29/h4-7,10-14,16,18H,8-9,15H2,1-3H3. The summed E-state index contributed by atoms with van der Waals surface area (Å²) in [5.74, 6) is -0.0802. The molecule has 0 bridgehead atoms. The van der Waals surface area contributed by atoms with Crippen LogP contribution in [0, 0.1) is 0 Å². The molecule has 2 atom stereocenters. The molecule has 0 saturated carbocycles. The minimum Gasteiger partial charge on any atom is -0.472 e. The van der Waals surface area contributed by atoms with Gasteiger partial charge in [0.25, 0.3) is 11.8 Å². The molecule has 4 rings (SSSR count). The number of aromatic nitrogens is 4. The lowest BCUT2D eigenvalue weighted by atomic mass is 9.99. The zero-order valence-corrected chi connectivity index (χ0v) is 18.8. The van der Waals surface area contributed by atoms with Gasteiger partial charge >= 0.3 is 0 Å². The average Bonchev–Trinajstić information content (AvgIpc) is 3.39. The predicted molar refractivity (Wildman–Crippen MR) is 119 cm³/mol. The summed E-state index contributed by atoms with van der Waals surface area (Å²) < 4.78 is 6.08. The molecule has 172 valence electrons. The van der Waals surface area contributed by atoms with E-state index in [4.69, 9.17) is 9.57 Å². The van der Waals surface area contributed by atoms with E-state index in [1.807, 2.05) is 30.0 Å². The first kappa shape index (κ1) is 22.4. The van der Waals surface area contributed by atoms with Crippen molar-refractivity contribution in [2.45, 2.75) is 31.9 Å². The van der Waals surface area contributed by atoms with Gasteiger partial charge in [0.15, 0.2) is 0 Å². The van der Waals surface area contributed by atoms with Gasteiger partial charge in [-0.25, -0.2) is 10.0 Å². The lowest BCUT2D eigenvalue weighted by Crippen LogP contribution is -2.49. The van der Waals surface area contributed by atoms with E-state index in [0.29, 0.717) is 29.2 Å². The van der Waals surface area contributed by atoms with Crippen LogP contribution in [0.25, 0.3) is 5.69 Å². The van der Waals surface area contributed by atoms with Crippen LogP contribution in [0.3, 0.4) is 0 Å². The van der Waals surface area contributed by atoms with Crippen molar-refractivity contribution in [3.05, 3.63) is 66.1 Å². The Labute approximate surface area is 191 Å². The summed E-state index contributed by atoms with van der Waals surface area (Å²) in [5.41, 5.74) is 1.55. The lowest BCUT2D eigenvalue weighted by molar-refractivity contribution is -0.0757. The number of carbonyl (C=O) groups excluding carboxylic acids is 2. The Hall–Kier alpha value is -3.79. The molecule has 10 nitrogen and oxygen atoms in total. The van der Waals surface area contributed by atoms with Crippen molar-refractivity contribution in [1.29, 1.82) is 0 Å². The minimum atomic E-state index is -0.303. The van der Waals surface area contributed by atoms with Gasteiger partial charge in [0.1, 0.15) is 6.10 Å². The predicted octanol–water partition coefficient (Wildman–Crippen LogP) is 2.37. The number of para-hydroxylation sites is 1. The number of benzene rings is 1. The average molecular weight is 450 g/mol. The normalized spacial score (nSPS) is 18.1. The first-order chi connectivity index (χ1) is 16.0. The van der Waals surface area contributed by atoms with E-state index in [1.165, 1.54) is 25.2 Å². The van der Waals surface area contributed by atoms with Crippen LogP contribution in [-0.4, -0.2) is 74.6 Å². The number of hydroxylamine groups is 2. The molecule has 1 fully saturated rings. The van der Waals surface area contributed by atoms with Gasteiger partial charge in [-0.05, 0) is 38.0 Å². The Morgan fingerprint density at radius 1 is 1.09 bits per heavy atom. The molecule has 0 spiro atoms. The molecular formula is C23H26N6O4. The smallest absolute Gasteiger partial charge is 0.277 e. The fraction of sp³-hybridized carbons (Fsp3) is 0.348. The van der Waals surface area contributed by atoms with E-state index in [2.05, 4.69) is 15.2 Å². The van der Waals surface area contributed by atoms with Crippen LogP contribution in [0.1, 0.15) is 40.5 Å². The Morgan fingerprint density at radius 3 is 2.61 bits per heavy atom. The first-order valence-electron chi connectivity index (χ1n) is 10.7. The van der Waals surface area contributed by atoms with Gasteiger partial charge in [-0.3, -0.25) is 14.4 Å². The van der Waals surface area contributed by atoms with E-state index in [1.54, 1.807) is 30.6 Å². The van der Waals surface area contributed by atoms with Crippen molar-refractivity contribution in [2.75, 3.05) is 20.7 Å². The molecule has 3 heterocycles. The van der Waals surface area contributed by atoms with Gasteiger partial charge in [0.05, 0.1) is 37.3 Å². The second-order valence-corrected chi connectivity index (χ2v) is 7.83. The molecule has 1 aromatic carbocycles. The molecule has 0 N–H and O–H groups in total. The molecule has 1 aliphatic rings. The summed E-state index contributed by atoms with van der Waals surface area (Å²) in [6.45, 7) is 2.43. The number of rotatable bonds is 6. The maximum absolute atomic E-state index is 13.5. The zero-order chi connectivity index (χ0) is 23.4. The molecule has 33 heavy (non-hydrogen) atoms. The van der Waals surface area contributed by atoms with Crippen molar-refractivity contribution in [3.63, 3.8) is 0 Å². The van der Waals surface area contributed by atoms with Gasteiger partial charge in [-0.2, -0.15) is 15.0 Å². The number of amides is 2. The summed E-state index contributed by atoms with van der Waals surface area (Å²) in [6.07, 6.45) is 5.97. The number of pyridine rings is 1. The van der Waals surface area contributed by atoms with Crippen LogP contribution >= 0.6 is 0 Å². The van der Waals surface area contributed by atoms with Gasteiger partial charge < -0.3 is 9.64 Å². The third-order valence-corrected chi connectivity index (χ3v) is 5.70. The SMILES string of the molecule is CON(C)C(=O)c1ccnc(OC2CCC(C)N(C(=O)c3ccccc3-n3nccn3)C2)c1. The van der Waals surface area contributed by atoms with Gasteiger partial charge in [-0.1, -0.05) is 12.1 Å². The van der Waals surface area contributed by atoms with Gasteiger partial charge in [-0.15, -0.1) is 0 Å². The molecule has 3 aromatic rings. The topological polar surface area (TPSA) is 103 Å². The Bertz CT molecular complexity index is 1120. The van der Waals surface area contributed by atoms with E-state index < -0.39 is 0 Å². The molecule has 0 radical (unpaired) electrons. The fourth-order valence-electron chi connectivity index (χ4n) is 3.82. The van der Waals surface area contributed by atoms with E-state index >= 15 is 0 Å². The third-order valence-electron chi connectivity index (χ3n) is 5.70. The van der Waals surface area contributed by atoms with Crippen molar-refractivity contribution in [2.24, 2.45) is 0 Å². The number of nitrogens with zero attached hydrogens (tertiary/aromatic N) is 6. The second-order valence-electron chi connectivity index (χ2n) is 7.83. The van der Waals surface area contributed by atoms with Crippen LogP contribution < -0.4 is 4.74 Å². The van der Waals surface area contributed by atoms with Crippen LogP contribution in [0.15, 0.2) is 55.0 Å². The van der Waals surface area contributed by atoms with Crippen molar-refractivity contribution in [3.8, 4) is 11.6 Å².